The van der Waals surface area contributed by atoms with E-state index >= 15 is 0 Å². The van der Waals surface area contributed by atoms with Crippen LogP contribution < -0.4 is 4.74 Å². The lowest BCUT2D eigenvalue weighted by atomic mass is 9.73. The summed E-state index contributed by atoms with van der Waals surface area (Å²) in [5, 5.41) is 0. The second-order valence-corrected chi connectivity index (χ2v) is 10.4. The number of aromatic nitrogens is 1. The maximum atomic E-state index is 13.4. The minimum absolute atomic E-state index is 0.109. The van der Waals surface area contributed by atoms with Crippen molar-refractivity contribution in [2.75, 3.05) is 47.0 Å². The third kappa shape index (κ3) is 7.13. The molecule has 1 saturated carbocycles. The zero-order valence-corrected chi connectivity index (χ0v) is 22.5. The standard InChI is InChI=1S/C30H39N3O5/c1-4-18-38-29(35)33(26-19-25(26)24-8-6-5-7-9-24)22-30(20-23-10-11-27(36-2)31-21-23)13-16-32(17-14-30)15-12-28(34)37-3/h4-11,21,25-26H,1,12-20,22H2,2-3H3/t25-,26+/m0/s1. The molecule has 0 bridgehead atoms. The van der Waals surface area contributed by atoms with E-state index in [1.165, 1.54) is 12.7 Å². The fourth-order valence-corrected chi connectivity index (χ4v) is 5.54. The number of nitrogens with zero attached hydrogens (tertiary/aromatic N) is 3. The van der Waals surface area contributed by atoms with Crippen molar-refractivity contribution < 1.29 is 23.8 Å². The van der Waals surface area contributed by atoms with Crippen LogP contribution in [0.4, 0.5) is 4.79 Å². The van der Waals surface area contributed by atoms with E-state index in [0.717, 1.165) is 44.3 Å². The normalized spacial score (nSPS) is 20.3. The monoisotopic (exact) mass is 521 g/mol. The highest BCUT2D eigenvalue weighted by atomic mass is 16.6. The lowest BCUT2D eigenvalue weighted by Gasteiger charge is -2.44. The molecule has 2 atom stereocenters. The van der Waals surface area contributed by atoms with Crippen molar-refractivity contribution in [3.8, 4) is 5.88 Å². The van der Waals surface area contributed by atoms with Crippen molar-refractivity contribution in [2.24, 2.45) is 5.41 Å². The van der Waals surface area contributed by atoms with E-state index in [2.05, 4.69) is 34.7 Å². The molecule has 1 amide bonds. The molecule has 8 heteroatoms. The van der Waals surface area contributed by atoms with Crippen molar-refractivity contribution in [1.29, 1.82) is 0 Å². The van der Waals surface area contributed by atoms with Gasteiger partial charge in [0, 0.05) is 37.3 Å². The molecule has 1 aliphatic carbocycles. The van der Waals surface area contributed by atoms with Gasteiger partial charge >= 0.3 is 12.1 Å². The van der Waals surface area contributed by atoms with Crippen molar-refractivity contribution in [3.05, 3.63) is 72.4 Å². The van der Waals surface area contributed by atoms with Gasteiger partial charge < -0.3 is 24.0 Å². The Morgan fingerprint density at radius 3 is 2.55 bits per heavy atom. The minimum Gasteiger partial charge on any atom is -0.481 e. The Morgan fingerprint density at radius 1 is 1.16 bits per heavy atom. The van der Waals surface area contributed by atoms with Crippen LogP contribution in [0.5, 0.6) is 5.88 Å². The lowest BCUT2D eigenvalue weighted by molar-refractivity contribution is -0.141. The largest absolute Gasteiger partial charge is 0.481 e. The lowest BCUT2D eigenvalue weighted by Crippen LogP contribution is -2.50. The Kier molecular flexibility index (Phi) is 9.39. The first-order valence-corrected chi connectivity index (χ1v) is 13.3. The zero-order chi connectivity index (χ0) is 27.0. The van der Waals surface area contributed by atoms with E-state index in [4.69, 9.17) is 14.2 Å². The molecule has 0 N–H and O–H groups in total. The number of amides is 1. The maximum Gasteiger partial charge on any atom is 0.410 e. The SMILES string of the molecule is C=CCOC(=O)N(CC1(Cc2ccc(OC)nc2)CCN(CCC(=O)OC)CC1)[C@@H]1C[C@H]1c1ccccc1. The van der Waals surface area contributed by atoms with Gasteiger partial charge in [0.1, 0.15) is 6.61 Å². The van der Waals surface area contributed by atoms with Gasteiger partial charge in [-0.05, 0) is 55.3 Å². The van der Waals surface area contributed by atoms with Gasteiger partial charge in [0.05, 0.1) is 20.6 Å². The number of carbonyl (C=O) groups excluding carboxylic acids is 2. The first kappa shape index (κ1) is 27.6. The van der Waals surface area contributed by atoms with E-state index in [1.54, 1.807) is 13.2 Å². The van der Waals surface area contributed by atoms with Crippen LogP contribution in [-0.2, 0) is 20.7 Å². The van der Waals surface area contributed by atoms with Gasteiger partial charge in [0.25, 0.3) is 0 Å². The van der Waals surface area contributed by atoms with Crippen molar-refractivity contribution in [1.82, 2.24) is 14.8 Å². The Morgan fingerprint density at radius 2 is 1.92 bits per heavy atom. The molecular formula is C30H39N3O5. The highest BCUT2D eigenvalue weighted by Crippen LogP contribution is 2.47. The smallest absolute Gasteiger partial charge is 0.410 e. The summed E-state index contributed by atoms with van der Waals surface area (Å²) in [6, 6.07) is 14.4. The van der Waals surface area contributed by atoms with Gasteiger partial charge in [0.2, 0.25) is 5.88 Å². The molecule has 1 aromatic carbocycles. The average molecular weight is 522 g/mol. The number of piperidine rings is 1. The summed E-state index contributed by atoms with van der Waals surface area (Å²) in [5.41, 5.74) is 2.23. The molecule has 204 valence electrons. The third-order valence-corrected chi connectivity index (χ3v) is 7.81. The molecule has 0 spiro atoms. The quantitative estimate of drug-likeness (QED) is 0.301. The van der Waals surface area contributed by atoms with Crippen molar-refractivity contribution >= 4 is 12.1 Å². The number of hydrogen-bond donors (Lipinski definition) is 0. The van der Waals surface area contributed by atoms with E-state index in [1.807, 2.05) is 35.4 Å². The maximum absolute atomic E-state index is 13.4. The van der Waals surface area contributed by atoms with Gasteiger partial charge in [-0.3, -0.25) is 4.79 Å². The number of rotatable bonds is 12. The fourth-order valence-electron chi connectivity index (χ4n) is 5.54. The van der Waals surface area contributed by atoms with Crippen LogP contribution in [0.3, 0.4) is 0 Å². The molecule has 4 rings (SSSR count). The number of ether oxygens (including phenoxy) is 3. The molecule has 1 aromatic heterocycles. The second kappa shape index (κ2) is 12.9. The summed E-state index contributed by atoms with van der Waals surface area (Å²) in [5.74, 6) is 0.703. The van der Waals surface area contributed by atoms with Crippen LogP contribution >= 0.6 is 0 Å². The van der Waals surface area contributed by atoms with E-state index in [-0.39, 0.29) is 30.1 Å². The molecule has 8 nitrogen and oxygen atoms in total. The molecular weight excluding hydrogens is 482 g/mol. The summed E-state index contributed by atoms with van der Waals surface area (Å²) in [4.78, 5) is 33.7. The van der Waals surface area contributed by atoms with Crippen LogP contribution in [0.25, 0.3) is 0 Å². The molecule has 1 saturated heterocycles. The molecule has 2 aromatic rings. The van der Waals surface area contributed by atoms with Crippen LogP contribution in [0.15, 0.2) is 61.3 Å². The number of methoxy groups -OCH3 is 2. The topological polar surface area (TPSA) is 81.2 Å². The van der Waals surface area contributed by atoms with Crippen LogP contribution in [0, 0.1) is 5.41 Å². The Balaban J connectivity index is 1.54. The highest BCUT2D eigenvalue weighted by molar-refractivity contribution is 5.69. The third-order valence-electron chi connectivity index (χ3n) is 7.81. The number of carbonyl (C=O) groups is 2. The highest BCUT2D eigenvalue weighted by Gasteiger charge is 2.48. The summed E-state index contributed by atoms with van der Waals surface area (Å²) in [6.07, 6.45) is 7.09. The first-order chi connectivity index (χ1) is 18.5. The number of esters is 1. The summed E-state index contributed by atoms with van der Waals surface area (Å²) < 4.78 is 15.7. The first-order valence-electron chi connectivity index (χ1n) is 13.3. The molecule has 1 aliphatic heterocycles. The Bertz CT molecular complexity index is 1070. The number of benzene rings is 1. The van der Waals surface area contributed by atoms with Gasteiger partial charge in [0.15, 0.2) is 0 Å². The molecule has 2 fully saturated rings. The van der Waals surface area contributed by atoms with Gasteiger partial charge in [-0.1, -0.05) is 49.1 Å². The van der Waals surface area contributed by atoms with Crippen LogP contribution in [-0.4, -0.2) is 79.9 Å². The van der Waals surface area contributed by atoms with Crippen LogP contribution in [0.1, 0.15) is 42.7 Å². The zero-order valence-electron chi connectivity index (χ0n) is 22.5. The van der Waals surface area contributed by atoms with Gasteiger partial charge in [-0.25, -0.2) is 9.78 Å². The Labute approximate surface area is 225 Å². The molecule has 38 heavy (non-hydrogen) atoms. The Hall–Kier alpha value is -3.39. The second-order valence-electron chi connectivity index (χ2n) is 10.4. The summed E-state index contributed by atoms with van der Waals surface area (Å²) >= 11 is 0. The molecule has 2 aliphatic rings. The van der Waals surface area contributed by atoms with Crippen molar-refractivity contribution in [3.63, 3.8) is 0 Å². The molecule has 2 heterocycles. The minimum atomic E-state index is -0.284. The summed E-state index contributed by atoms with van der Waals surface area (Å²) in [7, 11) is 3.03. The molecule has 0 unspecified atom stereocenters. The molecule has 0 radical (unpaired) electrons. The average Bonchev–Trinajstić information content (AvgIpc) is 3.76. The van der Waals surface area contributed by atoms with Crippen LogP contribution in [0.2, 0.25) is 0 Å². The van der Waals surface area contributed by atoms with Crippen molar-refractivity contribution in [2.45, 2.75) is 44.1 Å². The number of pyridine rings is 1. The van der Waals surface area contributed by atoms with E-state index in [9.17, 15) is 9.59 Å². The van der Waals surface area contributed by atoms with E-state index in [0.29, 0.717) is 31.3 Å². The number of hydrogen-bond acceptors (Lipinski definition) is 7. The van der Waals surface area contributed by atoms with Gasteiger partial charge in [-0.15, -0.1) is 0 Å². The summed E-state index contributed by atoms with van der Waals surface area (Å²) in [6.45, 7) is 6.88. The van der Waals surface area contributed by atoms with E-state index < -0.39 is 0 Å². The van der Waals surface area contributed by atoms with Gasteiger partial charge in [-0.2, -0.15) is 0 Å². The number of likely N-dealkylation sites (tertiary alicyclic amines) is 1. The predicted octanol–water partition coefficient (Wildman–Crippen LogP) is 4.46. The predicted molar refractivity (Wildman–Crippen MR) is 145 cm³/mol. The fraction of sp³-hybridized carbons (Fsp3) is 0.500.